The molecule has 0 aliphatic carbocycles. The zero-order valence-corrected chi connectivity index (χ0v) is 16.4. The third-order valence-corrected chi connectivity index (χ3v) is 5.86. The summed E-state index contributed by atoms with van der Waals surface area (Å²) in [5, 5.41) is 0. The number of aromatic nitrogens is 1. The van der Waals surface area contributed by atoms with Crippen molar-refractivity contribution >= 4 is 17.2 Å². The van der Waals surface area contributed by atoms with Crippen LogP contribution in [0.4, 0.5) is 0 Å². The molecule has 0 saturated carbocycles. The zero-order chi connectivity index (χ0) is 18.4. The number of likely N-dealkylation sites (tertiary alicyclic amines) is 1. The summed E-state index contributed by atoms with van der Waals surface area (Å²) in [6.45, 7) is 6.71. The summed E-state index contributed by atoms with van der Waals surface area (Å²) in [5.74, 6) is 0.324. The van der Waals surface area contributed by atoms with E-state index >= 15 is 0 Å². The zero-order valence-electron chi connectivity index (χ0n) is 15.6. The first-order chi connectivity index (χ1) is 12.7. The van der Waals surface area contributed by atoms with E-state index in [1.807, 2.05) is 35.5 Å². The minimum Gasteiger partial charge on any atom is -0.383 e. The molecule has 26 heavy (non-hydrogen) atoms. The number of hydrogen-bond donors (Lipinski definition) is 0. The molecule has 2 aromatic rings. The van der Waals surface area contributed by atoms with Crippen LogP contribution in [0.25, 0.3) is 0 Å². The molecular weight excluding hydrogens is 346 g/mol. The number of aryl methyl sites for hydroxylation is 1. The summed E-state index contributed by atoms with van der Waals surface area (Å²) < 4.78 is 5.17. The van der Waals surface area contributed by atoms with Crippen LogP contribution in [-0.4, -0.2) is 54.0 Å². The number of ether oxygens (including phenoxy) is 1. The fraction of sp³-hybridized carbons (Fsp3) is 0.500. The molecule has 1 fully saturated rings. The molecule has 3 rings (SSSR count). The Balaban J connectivity index is 1.70. The van der Waals surface area contributed by atoms with E-state index in [-0.39, 0.29) is 11.8 Å². The maximum Gasteiger partial charge on any atom is 0.227 e. The van der Waals surface area contributed by atoms with Crippen LogP contribution < -0.4 is 0 Å². The molecule has 1 aromatic carbocycles. The van der Waals surface area contributed by atoms with E-state index in [1.165, 1.54) is 4.88 Å². The van der Waals surface area contributed by atoms with Crippen molar-refractivity contribution in [1.82, 2.24) is 14.8 Å². The van der Waals surface area contributed by atoms with Gasteiger partial charge in [-0.2, -0.15) is 0 Å². The van der Waals surface area contributed by atoms with Gasteiger partial charge in [0.1, 0.15) is 0 Å². The predicted molar refractivity (Wildman–Crippen MR) is 104 cm³/mol. The van der Waals surface area contributed by atoms with Crippen LogP contribution in [0.3, 0.4) is 0 Å². The Morgan fingerprint density at radius 1 is 1.35 bits per heavy atom. The van der Waals surface area contributed by atoms with Crippen LogP contribution in [0.1, 0.15) is 22.6 Å². The van der Waals surface area contributed by atoms with Gasteiger partial charge in [0.2, 0.25) is 5.91 Å². The molecule has 1 unspecified atom stereocenters. The summed E-state index contributed by atoms with van der Waals surface area (Å²) in [5.41, 5.74) is 4.05. The van der Waals surface area contributed by atoms with Gasteiger partial charge in [0.25, 0.3) is 0 Å². The molecule has 0 radical (unpaired) electrons. The minimum atomic E-state index is 0.0730. The van der Waals surface area contributed by atoms with E-state index in [0.717, 1.165) is 37.3 Å². The SMILES string of the molecule is COCCN1CCC(C(=O)N(Cc2ccccc2)Cc2scnc2C)C1. The van der Waals surface area contributed by atoms with Gasteiger partial charge in [0, 0.05) is 31.6 Å². The second-order valence-corrected chi connectivity index (χ2v) is 7.76. The van der Waals surface area contributed by atoms with Gasteiger partial charge in [-0.05, 0) is 25.5 Å². The lowest BCUT2D eigenvalue weighted by atomic mass is 10.1. The molecule has 1 aliphatic heterocycles. The molecule has 5 nitrogen and oxygen atoms in total. The van der Waals surface area contributed by atoms with E-state index in [0.29, 0.717) is 19.7 Å². The van der Waals surface area contributed by atoms with Crippen molar-refractivity contribution in [2.75, 3.05) is 33.4 Å². The van der Waals surface area contributed by atoms with Crippen molar-refractivity contribution in [3.63, 3.8) is 0 Å². The highest BCUT2D eigenvalue weighted by Gasteiger charge is 2.31. The lowest BCUT2D eigenvalue weighted by molar-refractivity contribution is -0.136. The minimum absolute atomic E-state index is 0.0730. The molecule has 1 aromatic heterocycles. The number of thiazole rings is 1. The van der Waals surface area contributed by atoms with Crippen LogP contribution in [0.5, 0.6) is 0 Å². The molecule has 0 spiro atoms. The van der Waals surface area contributed by atoms with Crippen LogP contribution >= 0.6 is 11.3 Å². The maximum absolute atomic E-state index is 13.3. The van der Waals surface area contributed by atoms with E-state index < -0.39 is 0 Å². The Morgan fingerprint density at radius 3 is 2.85 bits per heavy atom. The summed E-state index contributed by atoms with van der Waals surface area (Å²) in [7, 11) is 1.72. The highest BCUT2D eigenvalue weighted by molar-refractivity contribution is 7.09. The quantitative estimate of drug-likeness (QED) is 0.714. The molecule has 1 atom stereocenters. The molecular formula is C20H27N3O2S. The monoisotopic (exact) mass is 373 g/mol. The number of methoxy groups -OCH3 is 1. The van der Waals surface area contributed by atoms with E-state index in [1.54, 1.807) is 18.4 Å². The number of benzene rings is 1. The first kappa shape index (κ1) is 19.0. The lowest BCUT2D eigenvalue weighted by Gasteiger charge is -2.26. The van der Waals surface area contributed by atoms with Gasteiger partial charge in [-0.3, -0.25) is 4.79 Å². The Kier molecular flexibility index (Phi) is 6.77. The molecule has 140 valence electrons. The van der Waals surface area contributed by atoms with E-state index in [2.05, 4.69) is 22.0 Å². The van der Waals surface area contributed by atoms with Crippen LogP contribution in [-0.2, 0) is 22.6 Å². The van der Waals surface area contributed by atoms with Gasteiger partial charge >= 0.3 is 0 Å². The van der Waals surface area contributed by atoms with Crippen molar-refractivity contribution in [1.29, 1.82) is 0 Å². The molecule has 0 bridgehead atoms. The Hall–Kier alpha value is -1.76. The van der Waals surface area contributed by atoms with E-state index in [4.69, 9.17) is 4.74 Å². The summed E-state index contributed by atoms with van der Waals surface area (Å²) in [6, 6.07) is 10.2. The first-order valence-electron chi connectivity index (χ1n) is 9.10. The largest absolute Gasteiger partial charge is 0.383 e. The van der Waals surface area contributed by atoms with Crippen LogP contribution in [0, 0.1) is 12.8 Å². The van der Waals surface area contributed by atoms with Gasteiger partial charge in [0.15, 0.2) is 0 Å². The first-order valence-corrected chi connectivity index (χ1v) is 9.98. The number of amides is 1. The standard InChI is InChI=1S/C20H27N3O2S/c1-16-19(26-15-21-16)14-23(12-17-6-4-3-5-7-17)20(24)18-8-9-22(13-18)10-11-25-2/h3-7,15,18H,8-14H2,1-2H3. The van der Waals surface area contributed by atoms with Crippen molar-refractivity contribution in [2.45, 2.75) is 26.4 Å². The van der Waals surface area contributed by atoms with Crippen LogP contribution in [0.15, 0.2) is 35.8 Å². The third-order valence-electron chi connectivity index (χ3n) is 4.94. The summed E-state index contributed by atoms with van der Waals surface area (Å²) in [4.78, 5) is 23.1. The van der Waals surface area contributed by atoms with Gasteiger partial charge < -0.3 is 14.5 Å². The fourth-order valence-electron chi connectivity index (χ4n) is 3.38. The molecule has 0 N–H and O–H groups in total. The number of rotatable bonds is 8. The summed E-state index contributed by atoms with van der Waals surface area (Å²) in [6.07, 6.45) is 0.926. The number of hydrogen-bond acceptors (Lipinski definition) is 5. The fourth-order valence-corrected chi connectivity index (χ4v) is 4.17. The van der Waals surface area contributed by atoms with Crippen molar-refractivity contribution < 1.29 is 9.53 Å². The second kappa shape index (κ2) is 9.26. The predicted octanol–water partition coefficient (Wildman–Crippen LogP) is 2.95. The Bertz CT molecular complexity index is 704. The molecule has 6 heteroatoms. The van der Waals surface area contributed by atoms with Gasteiger partial charge in [-0.25, -0.2) is 4.98 Å². The highest BCUT2D eigenvalue weighted by Crippen LogP contribution is 2.23. The Labute approximate surface area is 159 Å². The third kappa shape index (κ3) is 4.90. The van der Waals surface area contributed by atoms with Crippen molar-refractivity contribution in [2.24, 2.45) is 5.92 Å². The number of carbonyl (C=O) groups is 1. The van der Waals surface area contributed by atoms with Gasteiger partial charge in [-0.15, -0.1) is 11.3 Å². The maximum atomic E-state index is 13.3. The highest BCUT2D eigenvalue weighted by atomic mass is 32.1. The normalized spacial score (nSPS) is 17.5. The van der Waals surface area contributed by atoms with Crippen molar-refractivity contribution in [3.05, 3.63) is 52.0 Å². The van der Waals surface area contributed by atoms with Crippen molar-refractivity contribution in [3.8, 4) is 0 Å². The molecule has 2 heterocycles. The van der Waals surface area contributed by atoms with Crippen LogP contribution in [0.2, 0.25) is 0 Å². The Morgan fingerprint density at radius 2 is 2.15 bits per heavy atom. The molecule has 1 amide bonds. The second-order valence-electron chi connectivity index (χ2n) is 6.82. The lowest BCUT2D eigenvalue weighted by Crippen LogP contribution is -2.37. The number of carbonyl (C=O) groups excluding carboxylic acids is 1. The van der Waals surface area contributed by atoms with Gasteiger partial charge in [0.05, 0.1) is 30.3 Å². The topological polar surface area (TPSA) is 45.7 Å². The smallest absolute Gasteiger partial charge is 0.227 e. The average molecular weight is 374 g/mol. The molecule has 1 saturated heterocycles. The van der Waals surface area contributed by atoms with Gasteiger partial charge in [-0.1, -0.05) is 30.3 Å². The van der Waals surface area contributed by atoms with E-state index in [9.17, 15) is 4.79 Å². The number of nitrogens with zero attached hydrogens (tertiary/aromatic N) is 3. The molecule has 1 aliphatic rings. The average Bonchev–Trinajstić information content (AvgIpc) is 3.29. The summed E-state index contributed by atoms with van der Waals surface area (Å²) >= 11 is 1.63.